The van der Waals surface area contributed by atoms with Crippen molar-refractivity contribution in [2.24, 2.45) is 0 Å². The van der Waals surface area contributed by atoms with Crippen LogP contribution in [0.3, 0.4) is 0 Å². The standard InChI is InChI=1S/C16H17NO/c1-11-3-5-13(6-4-11)10-16(18)14-7-8-15(17)12(2)9-14/h3-9H,10,17H2,1-2H3. The van der Waals surface area contributed by atoms with E-state index >= 15 is 0 Å². The van der Waals surface area contributed by atoms with E-state index in [9.17, 15) is 4.79 Å². The Morgan fingerprint density at radius 2 is 1.72 bits per heavy atom. The van der Waals surface area contributed by atoms with Crippen molar-refractivity contribution in [3.05, 3.63) is 64.7 Å². The monoisotopic (exact) mass is 239 g/mol. The second kappa shape index (κ2) is 5.05. The summed E-state index contributed by atoms with van der Waals surface area (Å²) in [7, 11) is 0. The van der Waals surface area contributed by atoms with Crippen LogP contribution in [-0.2, 0) is 6.42 Å². The zero-order valence-electron chi connectivity index (χ0n) is 10.7. The topological polar surface area (TPSA) is 43.1 Å². The molecule has 92 valence electrons. The number of carbonyl (C=O) groups is 1. The Kier molecular flexibility index (Phi) is 3.47. The molecule has 0 aromatic heterocycles. The van der Waals surface area contributed by atoms with Crippen LogP contribution in [0.25, 0.3) is 0 Å². The van der Waals surface area contributed by atoms with Crippen LogP contribution < -0.4 is 5.73 Å². The number of nitrogens with two attached hydrogens (primary N) is 1. The van der Waals surface area contributed by atoms with Gasteiger partial charge in [0.2, 0.25) is 0 Å². The lowest BCUT2D eigenvalue weighted by Crippen LogP contribution is -2.04. The van der Waals surface area contributed by atoms with Gasteiger partial charge in [-0.15, -0.1) is 0 Å². The maximum Gasteiger partial charge on any atom is 0.167 e. The van der Waals surface area contributed by atoms with Crippen LogP contribution in [0.1, 0.15) is 27.0 Å². The minimum Gasteiger partial charge on any atom is -0.399 e. The van der Waals surface area contributed by atoms with Crippen molar-refractivity contribution in [3.63, 3.8) is 0 Å². The van der Waals surface area contributed by atoms with Crippen molar-refractivity contribution >= 4 is 11.5 Å². The van der Waals surface area contributed by atoms with Gasteiger partial charge in [0, 0.05) is 17.7 Å². The van der Waals surface area contributed by atoms with Crippen molar-refractivity contribution in [2.75, 3.05) is 5.73 Å². The lowest BCUT2D eigenvalue weighted by atomic mass is 10.0. The first-order valence-electron chi connectivity index (χ1n) is 6.01. The molecule has 0 heterocycles. The molecule has 0 bridgehead atoms. The van der Waals surface area contributed by atoms with Gasteiger partial charge >= 0.3 is 0 Å². The number of anilines is 1. The molecular weight excluding hydrogens is 222 g/mol. The zero-order chi connectivity index (χ0) is 13.1. The summed E-state index contributed by atoms with van der Waals surface area (Å²) in [6, 6.07) is 13.5. The van der Waals surface area contributed by atoms with Crippen LogP contribution in [0.4, 0.5) is 5.69 Å². The van der Waals surface area contributed by atoms with Gasteiger partial charge in [-0.1, -0.05) is 29.8 Å². The molecule has 2 N–H and O–H groups in total. The maximum absolute atomic E-state index is 12.1. The van der Waals surface area contributed by atoms with E-state index in [1.807, 2.05) is 44.2 Å². The third-order valence-electron chi connectivity index (χ3n) is 3.08. The van der Waals surface area contributed by atoms with Gasteiger partial charge in [-0.25, -0.2) is 0 Å². The van der Waals surface area contributed by atoms with Gasteiger partial charge in [-0.2, -0.15) is 0 Å². The van der Waals surface area contributed by atoms with Crippen LogP contribution in [0.15, 0.2) is 42.5 Å². The van der Waals surface area contributed by atoms with E-state index in [0.29, 0.717) is 6.42 Å². The molecule has 18 heavy (non-hydrogen) atoms. The lowest BCUT2D eigenvalue weighted by Gasteiger charge is -2.05. The third-order valence-corrected chi connectivity index (χ3v) is 3.08. The maximum atomic E-state index is 12.1. The molecule has 2 aromatic rings. The molecule has 0 spiro atoms. The van der Waals surface area contributed by atoms with Crippen LogP contribution >= 0.6 is 0 Å². The first kappa shape index (κ1) is 12.4. The molecule has 2 heteroatoms. The minimum atomic E-state index is 0.127. The number of Topliss-reactive ketones (excluding diaryl/α,β-unsaturated/α-hetero) is 1. The van der Waals surface area contributed by atoms with E-state index in [2.05, 4.69) is 0 Å². The normalized spacial score (nSPS) is 10.3. The Hall–Kier alpha value is -2.09. The highest BCUT2D eigenvalue weighted by molar-refractivity contribution is 5.98. The first-order chi connectivity index (χ1) is 8.56. The van der Waals surface area contributed by atoms with E-state index in [1.54, 1.807) is 12.1 Å². The van der Waals surface area contributed by atoms with E-state index in [1.165, 1.54) is 5.56 Å². The molecule has 2 aromatic carbocycles. The average Bonchev–Trinajstić information content (AvgIpc) is 2.35. The molecule has 0 saturated carbocycles. The molecule has 0 unspecified atom stereocenters. The molecule has 0 atom stereocenters. The molecular formula is C16H17NO. The number of carbonyl (C=O) groups excluding carboxylic acids is 1. The number of hydrogen-bond acceptors (Lipinski definition) is 2. The second-order valence-corrected chi connectivity index (χ2v) is 4.66. The molecule has 2 rings (SSSR count). The highest BCUT2D eigenvalue weighted by Crippen LogP contribution is 2.15. The van der Waals surface area contributed by atoms with Crippen molar-refractivity contribution < 1.29 is 4.79 Å². The molecule has 2 nitrogen and oxygen atoms in total. The van der Waals surface area contributed by atoms with E-state index in [0.717, 1.165) is 22.4 Å². The van der Waals surface area contributed by atoms with Crippen molar-refractivity contribution in [1.82, 2.24) is 0 Å². The van der Waals surface area contributed by atoms with Gasteiger partial charge in [-0.3, -0.25) is 4.79 Å². The Bertz CT molecular complexity index is 570. The molecule has 0 saturated heterocycles. The van der Waals surface area contributed by atoms with E-state index < -0.39 is 0 Å². The first-order valence-corrected chi connectivity index (χ1v) is 6.01. The average molecular weight is 239 g/mol. The van der Waals surface area contributed by atoms with E-state index in [4.69, 9.17) is 5.73 Å². The predicted octanol–water partition coefficient (Wildman–Crippen LogP) is 3.31. The Morgan fingerprint density at radius 1 is 1.06 bits per heavy atom. The summed E-state index contributed by atoms with van der Waals surface area (Å²) in [5.41, 5.74) is 10.4. The molecule has 0 aliphatic carbocycles. The number of nitrogen functional groups attached to an aromatic ring is 1. The van der Waals surface area contributed by atoms with Gasteiger partial charge in [0.25, 0.3) is 0 Å². The van der Waals surface area contributed by atoms with Crippen molar-refractivity contribution in [2.45, 2.75) is 20.3 Å². The molecule has 0 amide bonds. The summed E-state index contributed by atoms with van der Waals surface area (Å²) in [6.07, 6.45) is 0.434. The lowest BCUT2D eigenvalue weighted by molar-refractivity contribution is 0.0993. The summed E-state index contributed by atoms with van der Waals surface area (Å²) < 4.78 is 0. The fourth-order valence-electron chi connectivity index (χ4n) is 1.84. The molecule has 0 aliphatic heterocycles. The number of rotatable bonds is 3. The smallest absolute Gasteiger partial charge is 0.167 e. The predicted molar refractivity (Wildman–Crippen MR) is 74.8 cm³/mol. The number of hydrogen-bond donors (Lipinski definition) is 1. The minimum absolute atomic E-state index is 0.127. The number of aryl methyl sites for hydroxylation is 2. The molecule has 0 aliphatic rings. The zero-order valence-corrected chi connectivity index (χ0v) is 10.7. The Morgan fingerprint density at radius 3 is 2.33 bits per heavy atom. The summed E-state index contributed by atoms with van der Waals surface area (Å²) in [5, 5.41) is 0. The highest BCUT2D eigenvalue weighted by atomic mass is 16.1. The van der Waals surface area contributed by atoms with Crippen molar-refractivity contribution in [3.8, 4) is 0 Å². The van der Waals surface area contributed by atoms with Gasteiger partial charge in [0.1, 0.15) is 0 Å². The second-order valence-electron chi connectivity index (χ2n) is 4.66. The van der Waals surface area contributed by atoms with Crippen LogP contribution in [0.2, 0.25) is 0 Å². The summed E-state index contributed by atoms with van der Waals surface area (Å²) >= 11 is 0. The van der Waals surface area contributed by atoms with Gasteiger partial charge in [-0.05, 0) is 43.2 Å². The third kappa shape index (κ3) is 2.77. The fraction of sp³-hybridized carbons (Fsp3) is 0.188. The van der Waals surface area contributed by atoms with Gasteiger partial charge < -0.3 is 5.73 Å². The largest absolute Gasteiger partial charge is 0.399 e. The fourth-order valence-corrected chi connectivity index (χ4v) is 1.84. The summed E-state index contributed by atoms with van der Waals surface area (Å²) in [4.78, 5) is 12.1. The van der Waals surface area contributed by atoms with Crippen molar-refractivity contribution in [1.29, 1.82) is 0 Å². The highest BCUT2D eigenvalue weighted by Gasteiger charge is 2.08. The van der Waals surface area contributed by atoms with Crippen LogP contribution in [0.5, 0.6) is 0 Å². The molecule has 0 fully saturated rings. The Labute approximate surface area is 107 Å². The van der Waals surface area contributed by atoms with Gasteiger partial charge in [0.15, 0.2) is 5.78 Å². The number of benzene rings is 2. The summed E-state index contributed by atoms with van der Waals surface area (Å²) in [6.45, 7) is 3.95. The number of ketones is 1. The van der Waals surface area contributed by atoms with Gasteiger partial charge in [0.05, 0.1) is 0 Å². The summed E-state index contributed by atoms with van der Waals surface area (Å²) in [5.74, 6) is 0.127. The Balaban J connectivity index is 2.16. The van der Waals surface area contributed by atoms with E-state index in [-0.39, 0.29) is 5.78 Å². The SMILES string of the molecule is Cc1ccc(CC(=O)c2ccc(N)c(C)c2)cc1. The van der Waals surface area contributed by atoms with Crippen LogP contribution in [-0.4, -0.2) is 5.78 Å². The molecule has 0 radical (unpaired) electrons. The van der Waals surface area contributed by atoms with Crippen LogP contribution in [0, 0.1) is 13.8 Å². The quantitative estimate of drug-likeness (QED) is 0.659.